The standard InChI is InChI=1S/C17H16BrFN2O3S/c1-17(2)9-21(14-6-4-11(18)8-12(14)17)16(22)10-3-5-13(19)15(7-10)25(20,23)24/h3-8H,9H2,1-2H3,(H2,20,23,24). The van der Waals surface area contributed by atoms with Gasteiger partial charge in [-0.2, -0.15) is 0 Å². The van der Waals surface area contributed by atoms with Gasteiger partial charge < -0.3 is 4.90 Å². The lowest BCUT2D eigenvalue weighted by Gasteiger charge is -2.21. The van der Waals surface area contributed by atoms with E-state index < -0.39 is 26.6 Å². The second-order valence-electron chi connectivity index (χ2n) is 6.63. The number of fused-ring (bicyclic) bond motifs is 1. The summed E-state index contributed by atoms with van der Waals surface area (Å²) in [4.78, 5) is 13.8. The van der Waals surface area contributed by atoms with E-state index in [1.165, 1.54) is 6.07 Å². The van der Waals surface area contributed by atoms with Gasteiger partial charge in [-0.15, -0.1) is 0 Å². The van der Waals surface area contributed by atoms with Crippen LogP contribution in [0.4, 0.5) is 10.1 Å². The smallest absolute Gasteiger partial charge is 0.258 e. The number of nitrogens with zero attached hydrogens (tertiary/aromatic N) is 1. The van der Waals surface area contributed by atoms with Crippen LogP contribution in [0.3, 0.4) is 0 Å². The van der Waals surface area contributed by atoms with Gasteiger partial charge in [0, 0.05) is 27.7 Å². The lowest BCUT2D eigenvalue weighted by atomic mass is 9.87. The molecule has 25 heavy (non-hydrogen) atoms. The Morgan fingerprint density at radius 2 is 1.92 bits per heavy atom. The maximum atomic E-state index is 13.7. The molecule has 2 aromatic rings. The fourth-order valence-electron chi connectivity index (χ4n) is 3.04. The summed E-state index contributed by atoms with van der Waals surface area (Å²) in [5.74, 6) is -1.39. The maximum Gasteiger partial charge on any atom is 0.258 e. The third-order valence-electron chi connectivity index (χ3n) is 4.26. The summed E-state index contributed by atoms with van der Waals surface area (Å²) < 4.78 is 37.6. The van der Waals surface area contributed by atoms with Crippen LogP contribution in [0.15, 0.2) is 45.8 Å². The number of hydrogen-bond donors (Lipinski definition) is 1. The third-order valence-corrected chi connectivity index (χ3v) is 5.68. The van der Waals surface area contributed by atoms with Gasteiger partial charge in [0.1, 0.15) is 10.7 Å². The number of benzene rings is 2. The van der Waals surface area contributed by atoms with E-state index in [2.05, 4.69) is 15.9 Å². The largest absolute Gasteiger partial charge is 0.307 e. The highest BCUT2D eigenvalue weighted by Crippen LogP contribution is 2.42. The first-order valence-corrected chi connectivity index (χ1v) is 9.79. The van der Waals surface area contributed by atoms with E-state index in [1.807, 2.05) is 32.0 Å². The molecular weight excluding hydrogens is 411 g/mol. The molecule has 0 unspecified atom stereocenters. The maximum absolute atomic E-state index is 13.7. The average Bonchev–Trinajstić information content (AvgIpc) is 2.77. The molecule has 0 radical (unpaired) electrons. The number of rotatable bonds is 2. The van der Waals surface area contributed by atoms with E-state index in [0.717, 1.165) is 27.9 Å². The Hall–Kier alpha value is -1.77. The van der Waals surface area contributed by atoms with Crippen LogP contribution in [-0.2, 0) is 15.4 Å². The molecule has 0 spiro atoms. The highest BCUT2D eigenvalue weighted by Gasteiger charge is 2.38. The summed E-state index contributed by atoms with van der Waals surface area (Å²) in [6.45, 7) is 4.47. The number of anilines is 1. The monoisotopic (exact) mass is 426 g/mol. The summed E-state index contributed by atoms with van der Waals surface area (Å²) >= 11 is 3.43. The van der Waals surface area contributed by atoms with Crippen LogP contribution in [0, 0.1) is 5.82 Å². The highest BCUT2D eigenvalue weighted by molar-refractivity contribution is 9.10. The van der Waals surface area contributed by atoms with E-state index in [4.69, 9.17) is 5.14 Å². The van der Waals surface area contributed by atoms with Crippen molar-refractivity contribution in [3.05, 3.63) is 57.8 Å². The first kappa shape index (κ1) is 18.0. The lowest BCUT2D eigenvalue weighted by Crippen LogP contribution is -2.34. The quantitative estimate of drug-likeness (QED) is 0.800. The minimum absolute atomic E-state index is 0.0667. The summed E-state index contributed by atoms with van der Waals surface area (Å²) in [6, 6.07) is 8.81. The number of amides is 1. The van der Waals surface area contributed by atoms with Gasteiger partial charge >= 0.3 is 0 Å². The van der Waals surface area contributed by atoms with Crippen molar-refractivity contribution >= 4 is 37.5 Å². The normalized spacial score (nSPS) is 16.0. The molecule has 132 valence electrons. The Labute approximate surface area is 153 Å². The molecule has 0 saturated heterocycles. The highest BCUT2D eigenvalue weighted by atomic mass is 79.9. The van der Waals surface area contributed by atoms with Crippen molar-refractivity contribution < 1.29 is 17.6 Å². The van der Waals surface area contributed by atoms with E-state index in [1.54, 1.807) is 4.90 Å². The molecule has 1 aliphatic heterocycles. The fraction of sp³-hybridized carbons (Fsp3) is 0.235. The van der Waals surface area contributed by atoms with E-state index in [0.29, 0.717) is 6.54 Å². The third kappa shape index (κ3) is 3.21. The average molecular weight is 427 g/mol. The second kappa shape index (κ2) is 5.89. The molecule has 1 amide bonds. The van der Waals surface area contributed by atoms with Crippen LogP contribution < -0.4 is 10.0 Å². The minimum Gasteiger partial charge on any atom is -0.307 e. The van der Waals surface area contributed by atoms with Crippen molar-refractivity contribution in [2.45, 2.75) is 24.2 Å². The Balaban J connectivity index is 2.07. The van der Waals surface area contributed by atoms with E-state index >= 15 is 0 Å². The van der Waals surface area contributed by atoms with Crippen molar-refractivity contribution in [2.24, 2.45) is 5.14 Å². The van der Waals surface area contributed by atoms with Crippen molar-refractivity contribution in [1.82, 2.24) is 0 Å². The topological polar surface area (TPSA) is 80.5 Å². The molecule has 1 aliphatic rings. The number of primary sulfonamides is 1. The van der Waals surface area contributed by atoms with E-state index in [-0.39, 0.29) is 11.0 Å². The van der Waals surface area contributed by atoms with Gasteiger partial charge in [0.15, 0.2) is 0 Å². The Kier molecular flexibility index (Phi) is 4.25. The first-order chi connectivity index (χ1) is 11.5. The molecule has 0 atom stereocenters. The van der Waals surface area contributed by atoms with Gasteiger partial charge in [-0.05, 0) is 42.0 Å². The first-order valence-electron chi connectivity index (χ1n) is 7.45. The van der Waals surface area contributed by atoms with Gasteiger partial charge in [-0.1, -0.05) is 29.8 Å². The summed E-state index contributed by atoms with van der Waals surface area (Å²) in [5.41, 5.74) is 1.55. The number of hydrogen-bond acceptors (Lipinski definition) is 3. The Morgan fingerprint density at radius 1 is 1.24 bits per heavy atom. The zero-order valence-electron chi connectivity index (χ0n) is 13.6. The summed E-state index contributed by atoms with van der Waals surface area (Å²) in [5, 5.41) is 5.02. The Morgan fingerprint density at radius 3 is 2.56 bits per heavy atom. The van der Waals surface area contributed by atoms with Crippen molar-refractivity contribution in [1.29, 1.82) is 0 Å². The molecule has 2 aromatic carbocycles. The van der Waals surface area contributed by atoms with E-state index in [9.17, 15) is 17.6 Å². The molecule has 0 aromatic heterocycles. The molecule has 1 heterocycles. The fourth-order valence-corrected chi connectivity index (χ4v) is 4.03. The molecule has 0 aliphatic carbocycles. The predicted octanol–water partition coefficient (Wildman–Crippen LogP) is 3.17. The lowest BCUT2D eigenvalue weighted by molar-refractivity contribution is 0.0985. The molecule has 3 rings (SSSR count). The summed E-state index contributed by atoms with van der Waals surface area (Å²) in [6.07, 6.45) is 0. The van der Waals surface area contributed by atoms with Crippen molar-refractivity contribution in [3.63, 3.8) is 0 Å². The molecule has 2 N–H and O–H groups in total. The van der Waals surface area contributed by atoms with Gasteiger partial charge in [-0.25, -0.2) is 17.9 Å². The molecule has 5 nitrogen and oxygen atoms in total. The predicted molar refractivity (Wildman–Crippen MR) is 96.6 cm³/mol. The SMILES string of the molecule is CC1(C)CN(C(=O)c2ccc(F)c(S(N)(=O)=O)c2)c2ccc(Br)cc21. The Bertz CT molecular complexity index is 989. The van der Waals surface area contributed by atoms with Crippen LogP contribution >= 0.6 is 15.9 Å². The zero-order chi connectivity index (χ0) is 18.6. The number of nitrogens with two attached hydrogens (primary N) is 1. The van der Waals surface area contributed by atoms with Gasteiger partial charge in [0.05, 0.1) is 0 Å². The molecular formula is C17H16BrFN2O3S. The molecule has 0 fully saturated rings. The minimum atomic E-state index is -4.25. The van der Waals surface area contributed by atoms with Crippen molar-refractivity contribution in [2.75, 3.05) is 11.4 Å². The number of carbonyl (C=O) groups is 1. The van der Waals surface area contributed by atoms with Crippen LogP contribution in [0.25, 0.3) is 0 Å². The molecule has 8 heteroatoms. The number of carbonyl (C=O) groups excluding carboxylic acids is 1. The van der Waals surface area contributed by atoms with Gasteiger partial charge in [-0.3, -0.25) is 4.79 Å². The van der Waals surface area contributed by atoms with Crippen LogP contribution in [0.1, 0.15) is 29.8 Å². The molecule has 0 bridgehead atoms. The number of halogens is 2. The van der Waals surface area contributed by atoms with Crippen LogP contribution in [-0.4, -0.2) is 20.9 Å². The van der Waals surface area contributed by atoms with Crippen molar-refractivity contribution in [3.8, 4) is 0 Å². The van der Waals surface area contributed by atoms with Gasteiger partial charge in [0.2, 0.25) is 10.0 Å². The summed E-state index contributed by atoms with van der Waals surface area (Å²) in [7, 11) is -4.25. The second-order valence-corrected chi connectivity index (χ2v) is 9.07. The zero-order valence-corrected chi connectivity index (χ0v) is 16.0. The molecule has 0 saturated carbocycles. The number of sulfonamides is 1. The van der Waals surface area contributed by atoms with Crippen LogP contribution in [0.5, 0.6) is 0 Å². The van der Waals surface area contributed by atoms with Crippen LogP contribution in [0.2, 0.25) is 0 Å². The van der Waals surface area contributed by atoms with Gasteiger partial charge in [0.25, 0.3) is 5.91 Å².